The molecule has 6 heteroatoms. The fourth-order valence-corrected chi connectivity index (χ4v) is 1.66. The molecular formula is C14H21N3O3. The number of hydrogen-bond acceptors (Lipinski definition) is 4. The van der Waals surface area contributed by atoms with Crippen LogP contribution in [-0.2, 0) is 11.3 Å². The molecule has 1 aromatic carbocycles. The highest BCUT2D eigenvalue weighted by atomic mass is 16.6. The number of hydrogen-bond donors (Lipinski definition) is 2. The van der Waals surface area contributed by atoms with Gasteiger partial charge in [0.15, 0.2) is 0 Å². The molecule has 0 spiro atoms. The Morgan fingerprint density at radius 3 is 2.55 bits per heavy atom. The number of nitro groups is 1. The van der Waals surface area contributed by atoms with Crippen molar-refractivity contribution in [2.75, 3.05) is 6.54 Å². The monoisotopic (exact) mass is 279 g/mol. The molecule has 0 aliphatic carbocycles. The van der Waals surface area contributed by atoms with Crippen molar-refractivity contribution in [2.24, 2.45) is 0 Å². The van der Waals surface area contributed by atoms with Gasteiger partial charge in [-0.3, -0.25) is 14.9 Å². The van der Waals surface area contributed by atoms with Crippen LogP contribution in [0.15, 0.2) is 18.2 Å². The predicted octanol–water partition coefficient (Wildman–Crippen LogP) is 1.91. The molecule has 110 valence electrons. The van der Waals surface area contributed by atoms with Crippen molar-refractivity contribution in [1.82, 2.24) is 10.6 Å². The summed E-state index contributed by atoms with van der Waals surface area (Å²) in [5.74, 6) is -0.133. The molecule has 0 bridgehead atoms. The highest BCUT2D eigenvalue weighted by Gasteiger charge is 2.14. The Labute approximate surface area is 118 Å². The van der Waals surface area contributed by atoms with Gasteiger partial charge in [-0.2, -0.15) is 0 Å². The smallest absolute Gasteiger partial charge is 0.272 e. The van der Waals surface area contributed by atoms with E-state index >= 15 is 0 Å². The van der Waals surface area contributed by atoms with Gasteiger partial charge in [-0.15, -0.1) is 0 Å². The minimum absolute atomic E-state index is 0.0737. The Kier molecular flexibility index (Phi) is 5.21. The molecule has 0 radical (unpaired) electrons. The highest BCUT2D eigenvalue weighted by molar-refractivity contribution is 5.78. The van der Waals surface area contributed by atoms with Crippen LogP contribution in [0.4, 0.5) is 5.69 Å². The summed E-state index contributed by atoms with van der Waals surface area (Å²) in [4.78, 5) is 22.1. The highest BCUT2D eigenvalue weighted by Crippen LogP contribution is 2.20. The first kappa shape index (κ1) is 16.1. The van der Waals surface area contributed by atoms with Gasteiger partial charge in [-0.1, -0.05) is 12.1 Å². The van der Waals surface area contributed by atoms with E-state index in [-0.39, 0.29) is 30.2 Å². The van der Waals surface area contributed by atoms with E-state index in [1.807, 2.05) is 20.8 Å². The van der Waals surface area contributed by atoms with Crippen LogP contribution in [0.1, 0.15) is 31.9 Å². The van der Waals surface area contributed by atoms with Gasteiger partial charge >= 0.3 is 0 Å². The third kappa shape index (κ3) is 4.97. The molecule has 0 aromatic heterocycles. The van der Waals surface area contributed by atoms with Gasteiger partial charge in [-0.05, 0) is 33.3 Å². The van der Waals surface area contributed by atoms with Gasteiger partial charge in [0.2, 0.25) is 5.91 Å². The van der Waals surface area contributed by atoms with Gasteiger partial charge in [0.25, 0.3) is 5.69 Å². The lowest BCUT2D eigenvalue weighted by molar-refractivity contribution is -0.385. The Balaban J connectivity index is 2.60. The molecule has 1 aromatic rings. The van der Waals surface area contributed by atoms with Crippen LogP contribution < -0.4 is 10.6 Å². The summed E-state index contributed by atoms with van der Waals surface area (Å²) >= 11 is 0. The molecule has 6 nitrogen and oxygen atoms in total. The maximum atomic E-state index is 11.7. The second kappa shape index (κ2) is 6.47. The fraction of sp³-hybridized carbons (Fsp3) is 0.500. The molecule has 0 saturated carbocycles. The number of nitrogens with one attached hydrogen (secondary N) is 2. The molecule has 1 rings (SSSR count). The SMILES string of the molecule is Cc1c(CNC(=O)CNC(C)(C)C)cccc1[N+](=O)[O-]. The molecule has 20 heavy (non-hydrogen) atoms. The number of carbonyl (C=O) groups excluding carboxylic acids is 1. The molecule has 0 aliphatic heterocycles. The van der Waals surface area contributed by atoms with E-state index in [1.54, 1.807) is 19.1 Å². The number of rotatable bonds is 5. The predicted molar refractivity (Wildman–Crippen MR) is 77.4 cm³/mol. The third-order valence-electron chi connectivity index (χ3n) is 2.87. The van der Waals surface area contributed by atoms with Crippen LogP contribution in [0, 0.1) is 17.0 Å². The molecule has 0 unspecified atom stereocenters. The van der Waals surface area contributed by atoms with E-state index in [0.29, 0.717) is 5.56 Å². The molecule has 0 saturated heterocycles. The first-order valence-electron chi connectivity index (χ1n) is 6.45. The van der Waals surface area contributed by atoms with E-state index in [9.17, 15) is 14.9 Å². The lowest BCUT2D eigenvalue weighted by atomic mass is 10.1. The molecule has 0 heterocycles. The van der Waals surface area contributed by atoms with Crippen molar-refractivity contribution < 1.29 is 9.72 Å². The quantitative estimate of drug-likeness (QED) is 0.637. The summed E-state index contributed by atoms with van der Waals surface area (Å²) in [5, 5.41) is 16.7. The summed E-state index contributed by atoms with van der Waals surface area (Å²) < 4.78 is 0. The van der Waals surface area contributed by atoms with Crippen molar-refractivity contribution in [2.45, 2.75) is 39.8 Å². The maximum Gasteiger partial charge on any atom is 0.272 e. The minimum Gasteiger partial charge on any atom is -0.351 e. The second-order valence-electron chi connectivity index (χ2n) is 5.70. The minimum atomic E-state index is -0.415. The largest absolute Gasteiger partial charge is 0.351 e. The summed E-state index contributed by atoms with van der Waals surface area (Å²) in [6.07, 6.45) is 0. The van der Waals surface area contributed by atoms with E-state index in [1.165, 1.54) is 6.07 Å². The third-order valence-corrected chi connectivity index (χ3v) is 2.87. The molecule has 0 aliphatic rings. The Morgan fingerprint density at radius 1 is 1.35 bits per heavy atom. The van der Waals surface area contributed by atoms with Gasteiger partial charge in [0.1, 0.15) is 0 Å². The Morgan fingerprint density at radius 2 is 2.00 bits per heavy atom. The normalized spacial score (nSPS) is 11.2. The first-order chi connectivity index (χ1) is 9.20. The Hall–Kier alpha value is -1.95. The molecule has 2 N–H and O–H groups in total. The number of nitrogens with zero attached hydrogens (tertiary/aromatic N) is 1. The van der Waals surface area contributed by atoms with Crippen LogP contribution in [0.25, 0.3) is 0 Å². The molecule has 0 fully saturated rings. The standard InChI is InChI=1S/C14H21N3O3/c1-10-11(6-5-7-12(10)17(19)20)8-15-13(18)9-16-14(2,3)4/h5-7,16H,8-9H2,1-4H3,(H,15,18). The first-order valence-corrected chi connectivity index (χ1v) is 6.45. The molecule has 0 atom stereocenters. The van der Waals surface area contributed by atoms with Crippen molar-refractivity contribution in [3.8, 4) is 0 Å². The van der Waals surface area contributed by atoms with Crippen molar-refractivity contribution >= 4 is 11.6 Å². The van der Waals surface area contributed by atoms with Crippen molar-refractivity contribution in [1.29, 1.82) is 0 Å². The summed E-state index contributed by atoms with van der Waals surface area (Å²) in [6.45, 7) is 8.13. The average molecular weight is 279 g/mol. The number of benzene rings is 1. The zero-order valence-corrected chi connectivity index (χ0v) is 12.3. The van der Waals surface area contributed by atoms with Gasteiger partial charge < -0.3 is 10.6 Å². The summed E-state index contributed by atoms with van der Waals surface area (Å²) in [7, 11) is 0. The summed E-state index contributed by atoms with van der Waals surface area (Å²) in [6, 6.07) is 4.86. The molecule has 1 amide bonds. The lowest BCUT2D eigenvalue weighted by Gasteiger charge is -2.20. The maximum absolute atomic E-state index is 11.7. The van der Waals surface area contributed by atoms with Gasteiger partial charge in [0.05, 0.1) is 11.5 Å². The zero-order chi connectivity index (χ0) is 15.3. The van der Waals surface area contributed by atoms with E-state index in [2.05, 4.69) is 10.6 Å². The van der Waals surface area contributed by atoms with E-state index < -0.39 is 4.92 Å². The van der Waals surface area contributed by atoms with Crippen molar-refractivity contribution in [3.05, 3.63) is 39.4 Å². The fourth-order valence-electron chi connectivity index (χ4n) is 1.66. The van der Waals surface area contributed by atoms with E-state index in [4.69, 9.17) is 0 Å². The van der Waals surface area contributed by atoms with Crippen LogP contribution in [0.2, 0.25) is 0 Å². The number of carbonyl (C=O) groups is 1. The summed E-state index contributed by atoms with van der Waals surface area (Å²) in [5.41, 5.74) is 1.29. The van der Waals surface area contributed by atoms with Crippen molar-refractivity contribution in [3.63, 3.8) is 0 Å². The van der Waals surface area contributed by atoms with Gasteiger partial charge in [-0.25, -0.2) is 0 Å². The van der Waals surface area contributed by atoms with Crippen LogP contribution in [-0.4, -0.2) is 22.9 Å². The van der Waals surface area contributed by atoms with E-state index in [0.717, 1.165) is 5.56 Å². The average Bonchev–Trinajstić information content (AvgIpc) is 2.34. The van der Waals surface area contributed by atoms with Crippen LogP contribution in [0.5, 0.6) is 0 Å². The Bertz CT molecular complexity index is 507. The topological polar surface area (TPSA) is 84.3 Å². The number of amides is 1. The molecular weight excluding hydrogens is 258 g/mol. The second-order valence-corrected chi connectivity index (χ2v) is 5.70. The zero-order valence-electron chi connectivity index (χ0n) is 12.3. The van der Waals surface area contributed by atoms with Crippen LogP contribution in [0.3, 0.4) is 0 Å². The lowest BCUT2D eigenvalue weighted by Crippen LogP contribution is -2.43. The van der Waals surface area contributed by atoms with Gasteiger partial charge in [0, 0.05) is 23.7 Å². The number of nitro benzene ring substituents is 1. The van der Waals surface area contributed by atoms with Crippen LogP contribution >= 0.6 is 0 Å².